The predicted molar refractivity (Wildman–Crippen MR) is 85.4 cm³/mol. The minimum atomic E-state index is -0.00537. The number of carbonyl (C=O) groups is 1. The van der Waals surface area contributed by atoms with Gasteiger partial charge in [-0.3, -0.25) is 5.10 Å². The molecular weight excluding hydrogens is 264 g/mol. The maximum atomic E-state index is 12.4. The molecule has 1 aromatic rings. The van der Waals surface area contributed by atoms with E-state index in [1.165, 1.54) is 6.42 Å². The van der Waals surface area contributed by atoms with Gasteiger partial charge < -0.3 is 10.2 Å². The van der Waals surface area contributed by atoms with Crippen LogP contribution in [0.4, 0.5) is 10.5 Å². The highest BCUT2D eigenvalue weighted by Crippen LogP contribution is 2.37. The van der Waals surface area contributed by atoms with Gasteiger partial charge in [-0.15, -0.1) is 0 Å². The first-order chi connectivity index (χ1) is 9.81. The number of carbonyl (C=O) groups excluding carboxylic acids is 1. The van der Waals surface area contributed by atoms with Gasteiger partial charge in [0.2, 0.25) is 0 Å². The van der Waals surface area contributed by atoms with E-state index in [9.17, 15) is 4.79 Å². The van der Waals surface area contributed by atoms with E-state index in [1.54, 1.807) is 0 Å². The molecule has 0 spiro atoms. The van der Waals surface area contributed by atoms with Crippen LogP contribution < -0.4 is 5.32 Å². The summed E-state index contributed by atoms with van der Waals surface area (Å²) < 4.78 is 0. The molecule has 0 aromatic carbocycles. The average Bonchev–Trinajstić information content (AvgIpc) is 2.70. The zero-order valence-electron chi connectivity index (χ0n) is 13.9. The molecular formula is C16H28N4O. The SMILES string of the molecule is Cc1n[nH]c(C)c1NC(=O)N1CCC(C)(CC(C)C)CC1. The van der Waals surface area contributed by atoms with E-state index in [0.29, 0.717) is 11.3 Å². The molecule has 0 radical (unpaired) electrons. The monoisotopic (exact) mass is 292 g/mol. The van der Waals surface area contributed by atoms with Crippen molar-refractivity contribution in [3.63, 3.8) is 0 Å². The number of hydrogen-bond donors (Lipinski definition) is 2. The van der Waals surface area contributed by atoms with Gasteiger partial charge in [-0.25, -0.2) is 4.79 Å². The second-order valence-corrected chi connectivity index (χ2v) is 7.13. The molecule has 2 N–H and O–H groups in total. The van der Waals surface area contributed by atoms with Crippen molar-refractivity contribution >= 4 is 11.7 Å². The number of rotatable bonds is 3. The summed E-state index contributed by atoms with van der Waals surface area (Å²) in [7, 11) is 0. The van der Waals surface area contributed by atoms with Crippen LogP contribution in [0, 0.1) is 25.2 Å². The van der Waals surface area contributed by atoms with Crippen LogP contribution in [-0.4, -0.2) is 34.2 Å². The Morgan fingerprint density at radius 3 is 2.48 bits per heavy atom. The number of nitrogens with zero attached hydrogens (tertiary/aromatic N) is 2. The topological polar surface area (TPSA) is 61.0 Å². The minimum Gasteiger partial charge on any atom is -0.324 e. The van der Waals surface area contributed by atoms with Crippen molar-refractivity contribution in [3.05, 3.63) is 11.4 Å². The third-order valence-corrected chi connectivity index (χ3v) is 4.52. The molecule has 21 heavy (non-hydrogen) atoms. The number of urea groups is 1. The summed E-state index contributed by atoms with van der Waals surface area (Å²) >= 11 is 0. The third-order valence-electron chi connectivity index (χ3n) is 4.52. The Bertz CT molecular complexity index is 479. The molecule has 1 aliphatic rings. The Kier molecular flexibility index (Phi) is 4.59. The summed E-state index contributed by atoms with van der Waals surface area (Å²) in [6, 6.07) is -0.00537. The molecule has 1 aromatic heterocycles. The smallest absolute Gasteiger partial charge is 0.321 e. The van der Waals surface area contributed by atoms with E-state index in [2.05, 4.69) is 36.3 Å². The number of hydrogen-bond acceptors (Lipinski definition) is 2. The van der Waals surface area contributed by atoms with Crippen LogP contribution in [0.1, 0.15) is 51.4 Å². The number of anilines is 1. The highest BCUT2D eigenvalue weighted by molar-refractivity contribution is 5.90. The van der Waals surface area contributed by atoms with Gasteiger partial charge in [-0.05, 0) is 44.4 Å². The molecule has 0 aliphatic carbocycles. The van der Waals surface area contributed by atoms with Gasteiger partial charge in [-0.2, -0.15) is 5.10 Å². The molecule has 1 aliphatic heterocycles. The van der Waals surface area contributed by atoms with Crippen molar-refractivity contribution in [1.29, 1.82) is 0 Å². The van der Waals surface area contributed by atoms with E-state index < -0.39 is 0 Å². The maximum Gasteiger partial charge on any atom is 0.321 e. The number of nitrogens with one attached hydrogen (secondary N) is 2. The highest BCUT2D eigenvalue weighted by atomic mass is 16.2. The molecule has 2 heterocycles. The average molecular weight is 292 g/mol. The van der Waals surface area contributed by atoms with Crippen LogP contribution in [0.25, 0.3) is 0 Å². The lowest BCUT2D eigenvalue weighted by molar-refractivity contribution is 0.117. The summed E-state index contributed by atoms with van der Waals surface area (Å²) in [5.41, 5.74) is 2.94. The first-order valence-electron chi connectivity index (χ1n) is 7.88. The normalized spacial score (nSPS) is 18.1. The largest absolute Gasteiger partial charge is 0.324 e. The minimum absolute atomic E-state index is 0.00537. The summed E-state index contributed by atoms with van der Waals surface area (Å²) in [6.45, 7) is 12.4. The molecule has 0 saturated carbocycles. The lowest BCUT2D eigenvalue weighted by atomic mass is 9.74. The Labute approximate surface area is 127 Å². The fraction of sp³-hybridized carbons (Fsp3) is 0.750. The summed E-state index contributed by atoms with van der Waals surface area (Å²) in [5.74, 6) is 0.714. The first-order valence-corrected chi connectivity index (χ1v) is 7.88. The standard InChI is InChI=1S/C16H28N4O/c1-11(2)10-16(5)6-8-20(9-7-16)15(21)17-14-12(3)18-19-13(14)4/h11H,6-10H2,1-5H3,(H,17,21)(H,18,19). The number of aryl methyl sites for hydroxylation is 2. The molecule has 118 valence electrons. The molecule has 2 rings (SSSR count). The van der Waals surface area contributed by atoms with Gasteiger partial charge >= 0.3 is 6.03 Å². The fourth-order valence-corrected chi connectivity index (χ4v) is 3.36. The molecule has 0 bridgehead atoms. The quantitative estimate of drug-likeness (QED) is 0.892. The van der Waals surface area contributed by atoms with Gasteiger partial charge in [0.15, 0.2) is 0 Å². The number of aromatic nitrogens is 2. The first kappa shape index (κ1) is 15.9. The van der Waals surface area contributed by atoms with Crippen molar-refractivity contribution in [1.82, 2.24) is 15.1 Å². The van der Waals surface area contributed by atoms with Gasteiger partial charge in [0, 0.05) is 13.1 Å². The van der Waals surface area contributed by atoms with Crippen molar-refractivity contribution in [3.8, 4) is 0 Å². The van der Waals surface area contributed by atoms with Crippen LogP contribution in [0.3, 0.4) is 0 Å². The Morgan fingerprint density at radius 1 is 1.38 bits per heavy atom. The number of H-pyrrole nitrogens is 1. The van der Waals surface area contributed by atoms with Crippen LogP contribution in [-0.2, 0) is 0 Å². The zero-order chi connectivity index (χ0) is 15.6. The van der Waals surface area contributed by atoms with Crippen molar-refractivity contribution in [2.75, 3.05) is 18.4 Å². The van der Waals surface area contributed by atoms with Crippen LogP contribution in [0.2, 0.25) is 0 Å². The molecule has 0 atom stereocenters. The second kappa shape index (κ2) is 6.08. The number of aromatic amines is 1. The molecule has 5 heteroatoms. The fourth-order valence-electron chi connectivity index (χ4n) is 3.36. The lowest BCUT2D eigenvalue weighted by Crippen LogP contribution is -2.44. The second-order valence-electron chi connectivity index (χ2n) is 7.13. The van der Waals surface area contributed by atoms with Crippen molar-refractivity contribution in [2.45, 2.75) is 53.9 Å². The molecule has 0 unspecified atom stereocenters. The number of amides is 2. The van der Waals surface area contributed by atoms with Gasteiger partial charge in [0.05, 0.1) is 17.1 Å². The zero-order valence-corrected chi connectivity index (χ0v) is 13.9. The van der Waals surface area contributed by atoms with Crippen LogP contribution in [0.5, 0.6) is 0 Å². The predicted octanol–water partition coefficient (Wildman–Crippen LogP) is 3.71. The van der Waals surface area contributed by atoms with Gasteiger partial charge in [0.1, 0.15) is 0 Å². The van der Waals surface area contributed by atoms with E-state index in [0.717, 1.165) is 43.0 Å². The summed E-state index contributed by atoms with van der Waals surface area (Å²) in [5, 5.41) is 10.00. The molecule has 1 saturated heterocycles. The van der Waals surface area contributed by atoms with Crippen molar-refractivity contribution in [2.24, 2.45) is 11.3 Å². The Morgan fingerprint density at radius 2 is 2.00 bits per heavy atom. The maximum absolute atomic E-state index is 12.4. The van der Waals surface area contributed by atoms with Crippen LogP contribution >= 0.6 is 0 Å². The Balaban J connectivity index is 1.92. The summed E-state index contributed by atoms with van der Waals surface area (Å²) in [4.78, 5) is 14.3. The number of likely N-dealkylation sites (tertiary alicyclic amines) is 1. The van der Waals surface area contributed by atoms with Gasteiger partial charge in [-0.1, -0.05) is 20.8 Å². The molecule has 1 fully saturated rings. The van der Waals surface area contributed by atoms with Gasteiger partial charge in [0.25, 0.3) is 0 Å². The van der Waals surface area contributed by atoms with E-state index in [-0.39, 0.29) is 6.03 Å². The van der Waals surface area contributed by atoms with E-state index >= 15 is 0 Å². The summed E-state index contributed by atoms with van der Waals surface area (Å²) in [6.07, 6.45) is 3.41. The molecule has 2 amide bonds. The van der Waals surface area contributed by atoms with Crippen LogP contribution in [0.15, 0.2) is 0 Å². The Hall–Kier alpha value is -1.52. The van der Waals surface area contributed by atoms with E-state index in [1.807, 2.05) is 18.7 Å². The highest BCUT2D eigenvalue weighted by Gasteiger charge is 2.32. The molecule has 5 nitrogen and oxygen atoms in total. The van der Waals surface area contributed by atoms with Crippen molar-refractivity contribution < 1.29 is 4.79 Å². The number of piperidine rings is 1. The lowest BCUT2D eigenvalue weighted by Gasteiger charge is -2.40. The van der Waals surface area contributed by atoms with E-state index in [4.69, 9.17) is 0 Å². The third kappa shape index (κ3) is 3.77.